The number of hydrogen-bond acceptors (Lipinski definition) is 3. The van der Waals surface area contributed by atoms with Gasteiger partial charge >= 0.3 is 0 Å². The van der Waals surface area contributed by atoms with E-state index in [2.05, 4.69) is 21.2 Å². The molecule has 0 aliphatic carbocycles. The number of carbonyl (C=O) groups is 1. The zero-order chi connectivity index (χ0) is 10.6. The van der Waals surface area contributed by atoms with E-state index in [0.29, 0.717) is 11.4 Å². The largest absolute Gasteiger partial charge is 0.496 e. The third kappa shape index (κ3) is 3.31. The average Bonchev–Trinajstić information content (AvgIpc) is 2.62. The molecule has 0 aliphatic heterocycles. The lowest BCUT2D eigenvalue weighted by molar-refractivity contribution is 0.0958. The van der Waals surface area contributed by atoms with Crippen molar-refractivity contribution in [2.75, 3.05) is 13.7 Å². The molecule has 1 N–H and O–H groups in total. The predicted octanol–water partition coefficient (Wildman–Crippen LogP) is 2.27. The van der Waals surface area contributed by atoms with E-state index in [9.17, 15) is 4.79 Å². The second-order valence-electron chi connectivity index (χ2n) is 2.84. The van der Waals surface area contributed by atoms with Gasteiger partial charge in [0.2, 0.25) is 0 Å². The molecule has 0 spiro atoms. The van der Waals surface area contributed by atoms with Gasteiger partial charge in [-0.05, 0) is 0 Å². The van der Waals surface area contributed by atoms with Crippen LogP contribution in [0.3, 0.4) is 0 Å². The van der Waals surface area contributed by atoms with Gasteiger partial charge in [0, 0.05) is 22.8 Å². The molecule has 3 nitrogen and oxygen atoms in total. The third-order valence-electron chi connectivity index (χ3n) is 1.58. The monoisotopic (exact) mass is 277 g/mol. The van der Waals surface area contributed by atoms with Gasteiger partial charge < -0.3 is 10.1 Å². The van der Waals surface area contributed by atoms with Gasteiger partial charge in [0.1, 0.15) is 5.75 Å². The molecule has 14 heavy (non-hydrogen) atoms. The van der Waals surface area contributed by atoms with Crippen LogP contribution in [0.15, 0.2) is 11.4 Å². The first-order valence-electron chi connectivity index (χ1n) is 4.18. The summed E-state index contributed by atoms with van der Waals surface area (Å²) in [5, 5.41) is 4.62. The molecule has 1 aromatic rings. The molecule has 1 atom stereocenters. The number of carbonyl (C=O) groups excluding carboxylic acids is 1. The quantitative estimate of drug-likeness (QED) is 0.858. The fourth-order valence-corrected chi connectivity index (χ4v) is 1.80. The van der Waals surface area contributed by atoms with Crippen LogP contribution in [-0.2, 0) is 0 Å². The van der Waals surface area contributed by atoms with E-state index in [1.807, 2.05) is 12.3 Å². The average molecular weight is 278 g/mol. The third-order valence-corrected chi connectivity index (χ3v) is 2.81. The minimum Gasteiger partial charge on any atom is -0.496 e. The van der Waals surface area contributed by atoms with Crippen molar-refractivity contribution >= 4 is 33.2 Å². The summed E-state index contributed by atoms with van der Waals surface area (Å²) in [6, 6.07) is 1.74. The van der Waals surface area contributed by atoms with Crippen LogP contribution in [0.25, 0.3) is 0 Å². The lowest BCUT2D eigenvalue weighted by Gasteiger charge is -2.04. The molecule has 0 saturated carbocycles. The molecule has 1 unspecified atom stereocenters. The second kappa shape index (κ2) is 5.36. The van der Waals surface area contributed by atoms with E-state index in [4.69, 9.17) is 4.74 Å². The van der Waals surface area contributed by atoms with Gasteiger partial charge in [0.15, 0.2) is 0 Å². The Morgan fingerprint density at radius 3 is 3.00 bits per heavy atom. The van der Waals surface area contributed by atoms with E-state index in [1.54, 1.807) is 13.2 Å². The molecule has 0 saturated heterocycles. The number of hydrogen-bond donors (Lipinski definition) is 1. The van der Waals surface area contributed by atoms with Crippen LogP contribution in [0.2, 0.25) is 0 Å². The first kappa shape index (κ1) is 11.5. The summed E-state index contributed by atoms with van der Waals surface area (Å²) in [7, 11) is 1.59. The Labute approximate surface area is 95.6 Å². The van der Waals surface area contributed by atoms with E-state index in [0.717, 1.165) is 5.75 Å². The minimum atomic E-state index is -0.0513. The molecule has 1 aromatic heterocycles. The normalized spacial score (nSPS) is 12.2. The van der Waals surface area contributed by atoms with Crippen LogP contribution < -0.4 is 10.1 Å². The van der Waals surface area contributed by atoms with Crippen LogP contribution in [0.4, 0.5) is 0 Å². The predicted molar refractivity (Wildman–Crippen MR) is 61.6 cm³/mol. The number of ether oxygens (including phenoxy) is 1. The van der Waals surface area contributed by atoms with Crippen molar-refractivity contribution in [3.8, 4) is 5.75 Å². The van der Waals surface area contributed by atoms with Crippen molar-refractivity contribution in [2.45, 2.75) is 11.8 Å². The fourth-order valence-electron chi connectivity index (χ4n) is 0.865. The summed E-state index contributed by atoms with van der Waals surface area (Å²) >= 11 is 4.74. The Morgan fingerprint density at radius 2 is 2.50 bits per heavy atom. The summed E-state index contributed by atoms with van der Waals surface area (Å²) in [6.45, 7) is 2.61. The molecule has 0 radical (unpaired) electrons. The number of alkyl halides is 1. The first-order chi connectivity index (χ1) is 6.63. The van der Waals surface area contributed by atoms with E-state index in [1.165, 1.54) is 11.3 Å². The van der Waals surface area contributed by atoms with Crippen molar-refractivity contribution in [3.05, 3.63) is 16.3 Å². The summed E-state index contributed by atoms with van der Waals surface area (Å²) in [5.41, 5.74) is 0. The highest BCUT2D eigenvalue weighted by Gasteiger charge is 2.09. The molecule has 0 aromatic carbocycles. The number of halogens is 1. The Balaban J connectivity index is 2.52. The van der Waals surface area contributed by atoms with Crippen LogP contribution >= 0.6 is 27.3 Å². The molecule has 78 valence electrons. The molecular formula is C9H12BrNO2S. The first-order valence-corrected chi connectivity index (χ1v) is 5.98. The van der Waals surface area contributed by atoms with Gasteiger partial charge in [-0.3, -0.25) is 4.79 Å². The number of nitrogens with one attached hydrogen (secondary N) is 1. The molecular weight excluding hydrogens is 266 g/mol. The molecule has 1 amide bonds. The highest BCUT2D eigenvalue weighted by molar-refractivity contribution is 9.09. The van der Waals surface area contributed by atoms with Gasteiger partial charge in [0.25, 0.3) is 5.91 Å². The fraction of sp³-hybridized carbons (Fsp3) is 0.444. The molecule has 0 aliphatic rings. The topological polar surface area (TPSA) is 38.3 Å². The van der Waals surface area contributed by atoms with E-state index < -0.39 is 0 Å². The molecule has 0 bridgehead atoms. The maximum absolute atomic E-state index is 11.5. The van der Waals surface area contributed by atoms with Gasteiger partial charge in [0.05, 0.1) is 12.0 Å². The lowest BCUT2D eigenvalue weighted by atomic mass is 10.4. The minimum absolute atomic E-state index is 0.0513. The molecule has 5 heteroatoms. The zero-order valence-electron chi connectivity index (χ0n) is 8.04. The highest BCUT2D eigenvalue weighted by Crippen LogP contribution is 2.20. The van der Waals surface area contributed by atoms with Crippen molar-refractivity contribution in [2.24, 2.45) is 0 Å². The summed E-state index contributed by atoms with van der Waals surface area (Å²) in [6.07, 6.45) is 0. The summed E-state index contributed by atoms with van der Waals surface area (Å²) in [5.74, 6) is 0.677. The van der Waals surface area contributed by atoms with Crippen molar-refractivity contribution in [1.82, 2.24) is 5.32 Å². The van der Waals surface area contributed by atoms with Crippen LogP contribution in [0.1, 0.15) is 16.6 Å². The van der Waals surface area contributed by atoms with Crippen molar-refractivity contribution < 1.29 is 9.53 Å². The van der Waals surface area contributed by atoms with Crippen LogP contribution in [-0.4, -0.2) is 24.4 Å². The molecule has 1 heterocycles. The number of rotatable bonds is 4. The number of amides is 1. The number of thiophene rings is 1. The zero-order valence-corrected chi connectivity index (χ0v) is 10.4. The SMILES string of the molecule is COc1csc(C(=O)NCC(C)Br)c1. The highest BCUT2D eigenvalue weighted by atomic mass is 79.9. The second-order valence-corrected chi connectivity index (χ2v) is 5.32. The van der Waals surface area contributed by atoms with Gasteiger partial charge in [-0.15, -0.1) is 11.3 Å². The van der Waals surface area contributed by atoms with Gasteiger partial charge in [-0.2, -0.15) is 0 Å². The smallest absolute Gasteiger partial charge is 0.261 e. The lowest BCUT2D eigenvalue weighted by Crippen LogP contribution is -2.27. The van der Waals surface area contributed by atoms with Crippen molar-refractivity contribution in [3.63, 3.8) is 0 Å². The standard InChI is InChI=1S/C9H12BrNO2S/c1-6(10)4-11-9(12)8-3-7(13-2)5-14-8/h3,5-6H,4H2,1-2H3,(H,11,12). The summed E-state index contributed by atoms with van der Waals surface area (Å²) < 4.78 is 4.99. The Hall–Kier alpha value is -0.550. The maximum atomic E-state index is 11.5. The molecule has 0 fully saturated rings. The van der Waals surface area contributed by atoms with E-state index in [-0.39, 0.29) is 10.7 Å². The van der Waals surface area contributed by atoms with E-state index >= 15 is 0 Å². The maximum Gasteiger partial charge on any atom is 0.261 e. The van der Waals surface area contributed by atoms with Crippen LogP contribution in [0.5, 0.6) is 5.75 Å². The summed E-state index contributed by atoms with van der Waals surface area (Å²) in [4.78, 5) is 12.5. The molecule has 1 rings (SSSR count). The Morgan fingerprint density at radius 1 is 1.79 bits per heavy atom. The Bertz CT molecular complexity index is 312. The Kier molecular flexibility index (Phi) is 4.41. The number of methoxy groups -OCH3 is 1. The van der Waals surface area contributed by atoms with Gasteiger partial charge in [-0.25, -0.2) is 0 Å². The van der Waals surface area contributed by atoms with Gasteiger partial charge in [-0.1, -0.05) is 22.9 Å². The van der Waals surface area contributed by atoms with Crippen LogP contribution in [0, 0.1) is 0 Å². The van der Waals surface area contributed by atoms with Crippen molar-refractivity contribution in [1.29, 1.82) is 0 Å².